The minimum Gasteiger partial charge on any atom is -0.333 e. The molecule has 3 rings (SSSR count). The van der Waals surface area contributed by atoms with Crippen LogP contribution in [-0.4, -0.2) is 50.9 Å². The van der Waals surface area contributed by atoms with E-state index in [9.17, 15) is 9.59 Å². The van der Waals surface area contributed by atoms with Gasteiger partial charge in [-0.05, 0) is 17.7 Å². The van der Waals surface area contributed by atoms with Crippen LogP contribution in [0.25, 0.3) is 0 Å². The van der Waals surface area contributed by atoms with Crippen LogP contribution in [0, 0.1) is 0 Å². The molecule has 0 unspecified atom stereocenters. The van der Waals surface area contributed by atoms with E-state index < -0.39 is 0 Å². The Labute approximate surface area is 135 Å². The minimum absolute atomic E-state index is 0.0242. The molecule has 6 nitrogen and oxygen atoms in total. The van der Waals surface area contributed by atoms with E-state index in [1.165, 1.54) is 0 Å². The molecule has 1 aliphatic rings. The van der Waals surface area contributed by atoms with E-state index in [4.69, 9.17) is 0 Å². The molecule has 2 aromatic rings. The molecule has 0 N–H and O–H groups in total. The van der Waals surface area contributed by atoms with Crippen LogP contribution in [0.1, 0.15) is 29.3 Å². The number of carbonyl (C=O) groups excluding carboxylic acids is 2. The van der Waals surface area contributed by atoms with Crippen molar-refractivity contribution in [2.24, 2.45) is 0 Å². The molecule has 0 bridgehead atoms. The molecule has 1 saturated heterocycles. The van der Waals surface area contributed by atoms with Gasteiger partial charge in [0.05, 0.1) is 13.0 Å². The monoisotopic (exact) mass is 312 g/mol. The maximum absolute atomic E-state index is 12.6. The molecule has 0 aliphatic carbocycles. The van der Waals surface area contributed by atoms with Crippen molar-refractivity contribution in [1.82, 2.24) is 19.4 Å². The summed E-state index contributed by atoms with van der Waals surface area (Å²) >= 11 is 0. The summed E-state index contributed by atoms with van der Waals surface area (Å²) in [7, 11) is 0. The van der Waals surface area contributed by atoms with Crippen LogP contribution < -0.4 is 0 Å². The van der Waals surface area contributed by atoms with E-state index in [-0.39, 0.29) is 11.8 Å². The van der Waals surface area contributed by atoms with Crippen molar-refractivity contribution in [3.63, 3.8) is 0 Å². The highest BCUT2D eigenvalue weighted by molar-refractivity contribution is 5.95. The highest BCUT2D eigenvalue weighted by Gasteiger charge is 2.27. The van der Waals surface area contributed by atoms with E-state index in [1.807, 2.05) is 42.0 Å². The van der Waals surface area contributed by atoms with Gasteiger partial charge in [0.15, 0.2) is 0 Å². The van der Waals surface area contributed by atoms with Gasteiger partial charge < -0.3 is 14.4 Å². The molecule has 0 spiro atoms. The first-order valence-corrected chi connectivity index (χ1v) is 7.79. The number of carbonyl (C=O) groups is 2. The third-order valence-corrected chi connectivity index (χ3v) is 4.02. The van der Waals surface area contributed by atoms with E-state index >= 15 is 0 Å². The zero-order valence-corrected chi connectivity index (χ0v) is 13.2. The summed E-state index contributed by atoms with van der Waals surface area (Å²) in [5.41, 5.74) is 1.71. The standard InChI is InChI=1S/C17H20N4O2/c1-2-16(22)20-8-9-21(13-20)17(23)15-5-3-4-14(10-15)11-19-7-6-18-12-19/h3-7,10,12H,2,8-9,11,13H2,1H3. The van der Waals surface area contributed by atoms with Crippen molar-refractivity contribution < 1.29 is 9.59 Å². The van der Waals surface area contributed by atoms with Crippen LogP contribution in [0.3, 0.4) is 0 Å². The smallest absolute Gasteiger partial charge is 0.255 e. The molecule has 1 fully saturated rings. The largest absolute Gasteiger partial charge is 0.333 e. The second-order valence-corrected chi connectivity index (χ2v) is 5.66. The maximum atomic E-state index is 12.6. The molecule has 1 aliphatic heterocycles. The van der Waals surface area contributed by atoms with Crippen molar-refractivity contribution in [1.29, 1.82) is 0 Å². The lowest BCUT2D eigenvalue weighted by Gasteiger charge is -2.18. The van der Waals surface area contributed by atoms with Crippen LogP contribution in [0.5, 0.6) is 0 Å². The number of nitrogens with zero attached hydrogens (tertiary/aromatic N) is 4. The average molecular weight is 312 g/mol. The Morgan fingerprint density at radius 2 is 2.04 bits per heavy atom. The number of imidazole rings is 1. The Morgan fingerprint density at radius 3 is 2.78 bits per heavy atom. The number of amides is 2. The maximum Gasteiger partial charge on any atom is 0.255 e. The van der Waals surface area contributed by atoms with Crippen LogP contribution in [-0.2, 0) is 11.3 Å². The number of hydrogen-bond acceptors (Lipinski definition) is 3. The normalized spacial score (nSPS) is 14.3. The van der Waals surface area contributed by atoms with Gasteiger partial charge in [0.2, 0.25) is 5.91 Å². The van der Waals surface area contributed by atoms with Gasteiger partial charge >= 0.3 is 0 Å². The van der Waals surface area contributed by atoms with Crippen LogP contribution in [0.15, 0.2) is 43.0 Å². The Balaban J connectivity index is 1.69. The third kappa shape index (κ3) is 3.41. The molecule has 0 saturated carbocycles. The predicted octanol–water partition coefficient (Wildman–Crippen LogP) is 1.58. The zero-order valence-electron chi connectivity index (χ0n) is 13.2. The van der Waals surface area contributed by atoms with Gasteiger partial charge in [0, 0.05) is 44.0 Å². The van der Waals surface area contributed by atoms with E-state index in [2.05, 4.69) is 4.98 Å². The molecular formula is C17H20N4O2. The lowest BCUT2D eigenvalue weighted by molar-refractivity contribution is -0.130. The number of rotatable bonds is 4. The van der Waals surface area contributed by atoms with Crippen LogP contribution >= 0.6 is 0 Å². The summed E-state index contributed by atoms with van der Waals surface area (Å²) in [5.74, 6) is 0.0676. The second kappa shape index (κ2) is 6.64. The summed E-state index contributed by atoms with van der Waals surface area (Å²) in [5, 5.41) is 0. The van der Waals surface area contributed by atoms with E-state index in [0.29, 0.717) is 38.3 Å². The first-order chi connectivity index (χ1) is 11.2. The molecule has 0 radical (unpaired) electrons. The van der Waals surface area contributed by atoms with Crippen molar-refractivity contribution in [3.05, 3.63) is 54.1 Å². The third-order valence-electron chi connectivity index (χ3n) is 4.02. The number of hydrogen-bond donors (Lipinski definition) is 0. The Morgan fingerprint density at radius 1 is 1.22 bits per heavy atom. The van der Waals surface area contributed by atoms with Crippen molar-refractivity contribution >= 4 is 11.8 Å². The molecule has 2 heterocycles. The van der Waals surface area contributed by atoms with E-state index in [0.717, 1.165) is 5.56 Å². The fourth-order valence-electron chi connectivity index (χ4n) is 2.76. The molecule has 0 atom stereocenters. The molecule has 23 heavy (non-hydrogen) atoms. The van der Waals surface area contributed by atoms with Crippen LogP contribution in [0.2, 0.25) is 0 Å². The van der Waals surface area contributed by atoms with Gasteiger partial charge in [-0.15, -0.1) is 0 Å². The van der Waals surface area contributed by atoms with E-state index in [1.54, 1.807) is 22.3 Å². The first-order valence-electron chi connectivity index (χ1n) is 7.79. The molecule has 1 aromatic carbocycles. The molecule has 1 aromatic heterocycles. The highest BCUT2D eigenvalue weighted by atomic mass is 16.2. The molecular weight excluding hydrogens is 292 g/mol. The number of aromatic nitrogens is 2. The first kappa shape index (κ1) is 15.3. The fraction of sp³-hybridized carbons (Fsp3) is 0.353. The predicted molar refractivity (Wildman–Crippen MR) is 85.7 cm³/mol. The summed E-state index contributed by atoms with van der Waals surface area (Å²) in [6, 6.07) is 7.62. The van der Waals surface area contributed by atoms with Crippen LogP contribution in [0.4, 0.5) is 0 Å². The molecule has 2 amide bonds. The SMILES string of the molecule is CCC(=O)N1CCN(C(=O)c2cccc(Cn3ccnc3)c2)C1. The lowest BCUT2D eigenvalue weighted by Crippen LogP contribution is -2.33. The highest BCUT2D eigenvalue weighted by Crippen LogP contribution is 2.14. The molecule has 6 heteroatoms. The van der Waals surface area contributed by atoms with Gasteiger partial charge in [-0.2, -0.15) is 0 Å². The summed E-state index contributed by atoms with van der Waals surface area (Å²) in [4.78, 5) is 31.8. The second-order valence-electron chi connectivity index (χ2n) is 5.66. The van der Waals surface area contributed by atoms with Gasteiger partial charge in [-0.3, -0.25) is 9.59 Å². The fourth-order valence-corrected chi connectivity index (χ4v) is 2.76. The Hall–Kier alpha value is -2.63. The summed E-state index contributed by atoms with van der Waals surface area (Å²) in [6.07, 6.45) is 5.85. The average Bonchev–Trinajstić information content (AvgIpc) is 3.25. The quantitative estimate of drug-likeness (QED) is 0.861. The van der Waals surface area contributed by atoms with Crippen molar-refractivity contribution in [3.8, 4) is 0 Å². The zero-order chi connectivity index (χ0) is 16.2. The van der Waals surface area contributed by atoms with Crippen molar-refractivity contribution in [2.45, 2.75) is 19.9 Å². The van der Waals surface area contributed by atoms with Gasteiger partial charge in [-0.1, -0.05) is 19.1 Å². The summed E-state index contributed by atoms with van der Waals surface area (Å²) < 4.78 is 1.96. The van der Waals surface area contributed by atoms with Gasteiger partial charge in [0.1, 0.15) is 0 Å². The molecule has 120 valence electrons. The topological polar surface area (TPSA) is 58.4 Å². The Bertz CT molecular complexity index is 696. The van der Waals surface area contributed by atoms with Gasteiger partial charge in [-0.25, -0.2) is 4.98 Å². The lowest BCUT2D eigenvalue weighted by atomic mass is 10.1. The van der Waals surface area contributed by atoms with Gasteiger partial charge in [0.25, 0.3) is 5.91 Å². The Kier molecular flexibility index (Phi) is 4.41. The number of benzene rings is 1. The minimum atomic E-state index is -0.0242. The summed E-state index contributed by atoms with van der Waals surface area (Å²) in [6.45, 7) is 4.12. The van der Waals surface area contributed by atoms with Crippen molar-refractivity contribution in [2.75, 3.05) is 19.8 Å².